The van der Waals surface area contributed by atoms with Crippen LogP contribution in [0.1, 0.15) is 51.3 Å². The van der Waals surface area contributed by atoms with Gasteiger partial charge in [0.1, 0.15) is 11.9 Å². The maximum atomic E-state index is 14.8. The van der Waals surface area contributed by atoms with Crippen LogP contribution in [-0.4, -0.2) is 59.3 Å². The lowest BCUT2D eigenvalue weighted by Gasteiger charge is -2.25. The molecule has 1 saturated heterocycles. The first-order valence-corrected chi connectivity index (χ1v) is 13.9. The maximum Gasteiger partial charge on any atom is 0.299 e. The normalized spacial score (nSPS) is 19.3. The summed E-state index contributed by atoms with van der Waals surface area (Å²) in [6, 6.07) is 10.5. The van der Waals surface area contributed by atoms with E-state index in [2.05, 4.69) is 10.6 Å². The van der Waals surface area contributed by atoms with Crippen molar-refractivity contribution in [2.45, 2.75) is 31.4 Å². The molecular weight excluding hydrogens is 552 g/mol. The average Bonchev–Trinajstić information content (AvgIpc) is 3.68. The number of nitrogens with one attached hydrogen (secondary N) is 3. The molecule has 6 N–H and O–H groups in total. The minimum Gasteiger partial charge on any atom is -0.396 e. The number of nitrogens with zero attached hydrogens (tertiary/aromatic N) is 1. The number of alkyl halides is 2. The van der Waals surface area contributed by atoms with Gasteiger partial charge in [-0.15, -0.1) is 11.3 Å². The Balaban J connectivity index is 1.25. The lowest BCUT2D eigenvalue weighted by atomic mass is 10.0. The van der Waals surface area contributed by atoms with Crippen LogP contribution in [0.15, 0.2) is 53.9 Å². The third-order valence-electron chi connectivity index (χ3n) is 7.56. The number of halogens is 2. The molecule has 0 unspecified atom stereocenters. The summed E-state index contributed by atoms with van der Waals surface area (Å²) in [5.74, 6) is -5.05. The number of hydrogen-bond acceptors (Lipinski definition) is 6. The van der Waals surface area contributed by atoms with Crippen LogP contribution in [0.25, 0.3) is 11.1 Å². The van der Waals surface area contributed by atoms with Crippen LogP contribution in [0.4, 0.5) is 8.78 Å². The van der Waals surface area contributed by atoms with E-state index in [-0.39, 0.29) is 53.6 Å². The van der Waals surface area contributed by atoms with Crippen molar-refractivity contribution in [1.82, 2.24) is 15.5 Å². The highest BCUT2D eigenvalue weighted by molar-refractivity contribution is 7.10. The monoisotopic (exact) mass is 581 g/mol. The average molecular weight is 582 g/mol. The van der Waals surface area contributed by atoms with Gasteiger partial charge in [0.15, 0.2) is 0 Å². The van der Waals surface area contributed by atoms with E-state index in [1.807, 2.05) is 0 Å². The van der Waals surface area contributed by atoms with Gasteiger partial charge in [-0.2, -0.15) is 8.78 Å². The van der Waals surface area contributed by atoms with Gasteiger partial charge >= 0.3 is 0 Å². The molecule has 2 aliphatic rings. The fourth-order valence-corrected chi connectivity index (χ4v) is 6.28. The van der Waals surface area contributed by atoms with E-state index in [9.17, 15) is 28.3 Å². The standard InChI is InChI=1S/C29H29F2N5O4S/c1-15(24-10-18(14-41-24)26(32)33)35-28(40)23-8-16(13-37)12-36(23)25(38)11-34-27(39)17-6-7-22-20(9-17)19-4-2-3-5-21(19)29(22,30)31/h2-7,9-10,14-16,23,37H,8,11-13H2,1H3,(H3,32,33)(H,34,39)(H,35,40)/t15-,16-,23+/m1/s1. The second-order valence-electron chi connectivity index (χ2n) is 10.3. The summed E-state index contributed by atoms with van der Waals surface area (Å²) in [5, 5.41) is 24.4. The van der Waals surface area contributed by atoms with E-state index in [1.54, 1.807) is 30.5 Å². The number of hydrogen-bond donors (Lipinski definition) is 5. The Hall–Kier alpha value is -4.16. The highest BCUT2D eigenvalue weighted by atomic mass is 32.1. The molecule has 5 rings (SSSR count). The van der Waals surface area contributed by atoms with Gasteiger partial charge < -0.3 is 26.4 Å². The summed E-state index contributed by atoms with van der Waals surface area (Å²) in [6.07, 6.45) is 0.260. The van der Waals surface area contributed by atoms with Crippen LogP contribution in [0.2, 0.25) is 0 Å². The highest BCUT2D eigenvalue weighted by Crippen LogP contribution is 2.50. The van der Waals surface area contributed by atoms with Crippen molar-refractivity contribution in [3.05, 3.63) is 81.0 Å². The quantitative estimate of drug-likeness (QED) is 0.205. The fourth-order valence-electron chi connectivity index (χ4n) is 5.36. The van der Waals surface area contributed by atoms with E-state index in [4.69, 9.17) is 11.1 Å². The van der Waals surface area contributed by atoms with Gasteiger partial charge in [-0.1, -0.05) is 30.3 Å². The van der Waals surface area contributed by atoms with E-state index in [0.717, 1.165) is 4.88 Å². The predicted octanol–water partition coefficient (Wildman–Crippen LogP) is 2.97. The van der Waals surface area contributed by atoms with Crippen LogP contribution in [0.3, 0.4) is 0 Å². The Bertz CT molecular complexity index is 1540. The SMILES string of the molecule is C[C@@H](NC(=O)[C@@H]1C[C@@H](CO)CN1C(=O)CNC(=O)c1ccc2c(c1)-c1ccccc1C2(F)F)c1cc(C(=N)N)cs1. The van der Waals surface area contributed by atoms with E-state index in [1.165, 1.54) is 46.6 Å². The lowest BCUT2D eigenvalue weighted by Crippen LogP contribution is -2.49. The zero-order valence-electron chi connectivity index (χ0n) is 22.1. The van der Waals surface area contributed by atoms with Gasteiger partial charge in [0.2, 0.25) is 11.8 Å². The number of carbonyl (C=O) groups excluding carboxylic acids is 3. The minimum atomic E-state index is -3.16. The van der Waals surface area contributed by atoms with E-state index in [0.29, 0.717) is 11.1 Å². The first kappa shape index (κ1) is 28.4. The Kier molecular flexibility index (Phi) is 7.62. The molecular formula is C29H29F2N5O4S. The topological polar surface area (TPSA) is 149 Å². The fraction of sp³-hybridized carbons (Fsp3) is 0.310. The molecule has 3 atom stereocenters. The molecule has 41 heavy (non-hydrogen) atoms. The number of fused-ring (bicyclic) bond motifs is 3. The Morgan fingerprint density at radius 2 is 1.88 bits per heavy atom. The van der Waals surface area contributed by atoms with E-state index < -0.39 is 42.3 Å². The number of aliphatic hydroxyl groups is 1. The van der Waals surface area contributed by atoms with Gasteiger partial charge in [-0.25, -0.2) is 0 Å². The Morgan fingerprint density at radius 3 is 2.59 bits per heavy atom. The molecule has 2 heterocycles. The van der Waals surface area contributed by atoms with Crippen molar-refractivity contribution in [2.75, 3.05) is 19.7 Å². The van der Waals surface area contributed by atoms with Crippen LogP contribution in [0, 0.1) is 11.3 Å². The molecule has 3 aromatic rings. The summed E-state index contributed by atoms with van der Waals surface area (Å²) >= 11 is 1.35. The van der Waals surface area contributed by atoms with Crippen LogP contribution in [-0.2, 0) is 15.5 Å². The second kappa shape index (κ2) is 11.0. The molecule has 12 heteroatoms. The number of likely N-dealkylation sites (tertiary alicyclic amines) is 1. The summed E-state index contributed by atoms with van der Waals surface area (Å²) in [7, 11) is 0. The van der Waals surface area contributed by atoms with Gasteiger partial charge in [-0.3, -0.25) is 19.8 Å². The number of amides is 3. The van der Waals surface area contributed by atoms with Crippen LogP contribution < -0.4 is 16.4 Å². The summed E-state index contributed by atoms with van der Waals surface area (Å²) in [5.41, 5.74) is 6.53. The predicted molar refractivity (Wildman–Crippen MR) is 150 cm³/mol. The minimum absolute atomic E-state index is 0.0749. The molecule has 1 aliphatic heterocycles. The van der Waals surface area contributed by atoms with Crippen molar-refractivity contribution in [3.8, 4) is 11.1 Å². The summed E-state index contributed by atoms with van der Waals surface area (Å²) in [4.78, 5) is 41.4. The number of benzene rings is 2. The Labute approximate surface area is 238 Å². The third kappa shape index (κ3) is 5.32. The van der Waals surface area contributed by atoms with Crippen molar-refractivity contribution in [2.24, 2.45) is 11.7 Å². The first-order valence-electron chi connectivity index (χ1n) is 13.0. The zero-order valence-corrected chi connectivity index (χ0v) is 22.9. The molecule has 1 aromatic heterocycles. The van der Waals surface area contributed by atoms with Crippen molar-refractivity contribution < 1.29 is 28.3 Å². The van der Waals surface area contributed by atoms with Crippen LogP contribution >= 0.6 is 11.3 Å². The molecule has 2 aromatic carbocycles. The van der Waals surface area contributed by atoms with Gasteiger partial charge in [0, 0.05) is 51.6 Å². The third-order valence-corrected chi connectivity index (χ3v) is 8.68. The van der Waals surface area contributed by atoms with Gasteiger partial charge in [0.05, 0.1) is 12.6 Å². The largest absolute Gasteiger partial charge is 0.396 e. The smallest absolute Gasteiger partial charge is 0.299 e. The molecule has 0 spiro atoms. The molecule has 9 nitrogen and oxygen atoms in total. The number of amidine groups is 1. The summed E-state index contributed by atoms with van der Waals surface area (Å²) in [6.45, 7) is 1.32. The number of nitrogens with two attached hydrogens (primary N) is 1. The number of nitrogen functional groups attached to an aromatic ring is 1. The lowest BCUT2D eigenvalue weighted by molar-refractivity contribution is -0.138. The maximum absolute atomic E-state index is 14.8. The molecule has 1 fully saturated rings. The van der Waals surface area contributed by atoms with Crippen LogP contribution in [0.5, 0.6) is 0 Å². The van der Waals surface area contributed by atoms with Crippen molar-refractivity contribution >= 4 is 34.9 Å². The van der Waals surface area contributed by atoms with Gasteiger partial charge in [0.25, 0.3) is 11.8 Å². The number of rotatable bonds is 8. The number of thiophene rings is 1. The zero-order chi connectivity index (χ0) is 29.5. The molecule has 3 amide bonds. The Morgan fingerprint density at radius 1 is 1.15 bits per heavy atom. The molecule has 0 bridgehead atoms. The molecule has 1 aliphatic carbocycles. The molecule has 0 saturated carbocycles. The molecule has 0 radical (unpaired) electrons. The molecule has 214 valence electrons. The number of carbonyl (C=O) groups is 3. The highest BCUT2D eigenvalue weighted by Gasteiger charge is 2.44. The number of aliphatic hydroxyl groups excluding tert-OH is 1. The summed E-state index contributed by atoms with van der Waals surface area (Å²) < 4.78 is 29.7. The van der Waals surface area contributed by atoms with Crippen molar-refractivity contribution in [3.63, 3.8) is 0 Å². The van der Waals surface area contributed by atoms with Gasteiger partial charge in [-0.05, 0) is 42.7 Å². The van der Waals surface area contributed by atoms with E-state index >= 15 is 0 Å². The van der Waals surface area contributed by atoms with Crippen molar-refractivity contribution in [1.29, 1.82) is 5.41 Å². The second-order valence-corrected chi connectivity index (χ2v) is 11.2. The first-order chi connectivity index (χ1) is 19.5.